The molecule has 3 rings (SSSR count). The minimum atomic E-state index is -0.421. The maximum atomic E-state index is 12.4. The summed E-state index contributed by atoms with van der Waals surface area (Å²) in [7, 11) is 1.57. The van der Waals surface area contributed by atoms with E-state index in [2.05, 4.69) is 6.07 Å². The van der Waals surface area contributed by atoms with Crippen LogP contribution < -0.4 is 9.47 Å². The van der Waals surface area contributed by atoms with E-state index in [-0.39, 0.29) is 0 Å². The van der Waals surface area contributed by atoms with Gasteiger partial charge < -0.3 is 9.47 Å². The molecule has 0 radical (unpaired) electrons. The highest BCUT2D eigenvalue weighted by Crippen LogP contribution is 2.27. The number of nitriles is 1. The van der Waals surface area contributed by atoms with E-state index in [0.717, 1.165) is 11.1 Å². The van der Waals surface area contributed by atoms with Crippen LogP contribution in [0.25, 0.3) is 11.6 Å². The normalized spacial score (nSPS) is 10.8. The van der Waals surface area contributed by atoms with Crippen molar-refractivity contribution in [2.24, 2.45) is 0 Å². The number of benzene rings is 3. The molecular formula is C24H19NO3. The van der Waals surface area contributed by atoms with Gasteiger partial charge in [-0.15, -0.1) is 0 Å². The quantitative estimate of drug-likeness (QED) is 0.265. The molecular weight excluding hydrogens is 350 g/mol. The predicted octanol–water partition coefficient (Wildman–Crippen LogP) is 5.29. The molecule has 0 N–H and O–H groups in total. The molecule has 0 unspecified atom stereocenters. The Balaban J connectivity index is 1.87. The standard InChI is InChI=1S/C24H19NO3/c1-17-7-5-9-19(13-17)24(26)28-21-10-6-8-18(15-21)14-20(16-25)22-11-3-4-12-23(22)27-2/h3-15H,1-2H3/b20-14-. The van der Waals surface area contributed by atoms with Gasteiger partial charge in [-0.05, 0) is 55.0 Å². The summed E-state index contributed by atoms with van der Waals surface area (Å²) in [4.78, 5) is 12.4. The van der Waals surface area contributed by atoms with Crippen LogP contribution in [0.4, 0.5) is 0 Å². The van der Waals surface area contributed by atoms with Crippen molar-refractivity contribution < 1.29 is 14.3 Å². The second kappa shape index (κ2) is 8.70. The van der Waals surface area contributed by atoms with E-state index in [0.29, 0.717) is 28.2 Å². The van der Waals surface area contributed by atoms with E-state index in [9.17, 15) is 10.1 Å². The first-order valence-electron chi connectivity index (χ1n) is 8.75. The fourth-order valence-corrected chi connectivity index (χ4v) is 2.81. The number of aryl methyl sites for hydroxylation is 1. The number of carbonyl (C=O) groups is 1. The SMILES string of the molecule is COc1ccccc1/C(C#N)=C\c1cccc(OC(=O)c2cccc(C)c2)c1. The second-order valence-corrected chi connectivity index (χ2v) is 6.20. The summed E-state index contributed by atoms with van der Waals surface area (Å²) in [5, 5.41) is 9.59. The molecule has 0 saturated heterocycles. The number of allylic oxidation sites excluding steroid dienone is 1. The maximum Gasteiger partial charge on any atom is 0.343 e. The Morgan fingerprint density at radius 3 is 2.54 bits per heavy atom. The van der Waals surface area contributed by atoms with Gasteiger partial charge >= 0.3 is 5.97 Å². The van der Waals surface area contributed by atoms with Gasteiger partial charge in [-0.2, -0.15) is 5.26 Å². The minimum Gasteiger partial charge on any atom is -0.496 e. The zero-order valence-corrected chi connectivity index (χ0v) is 15.7. The first-order chi connectivity index (χ1) is 13.6. The van der Waals surface area contributed by atoms with Crippen LogP contribution in [-0.2, 0) is 0 Å². The van der Waals surface area contributed by atoms with E-state index in [1.54, 1.807) is 49.6 Å². The molecule has 28 heavy (non-hydrogen) atoms. The summed E-state index contributed by atoms with van der Waals surface area (Å²) in [6.45, 7) is 1.92. The fraction of sp³-hybridized carbons (Fsp3) is 0.0833. The third-order valence-corrected chi connectivity index (χ3v) is 4.15. The average molecular weight is 369 g/mol. The van der Waals surface area contributed by atoms with Crippen molar-refractivity contribution in [1.29, 1.82) is 5.26 Å². The highest BCUT2D eigenvalue weighted by Gasteiger charge is 2.10. The number of hydrogen-bond acceptors (Lipinski definition) is 4. The Kier molecular flexibility index (Phi) is 5.88. The minimum absolute atomic E-state index is 0.414. The number of carbonyl (C=O) groups excluding carboxylic acids is 1. The Hall–Kier alpha value is -3.84. The smallest absolute Gasteiger partial charge is 0.343 e. The van der Waals surface area contributed by atoms with Crippen molar-refractivity contribution in [3.05, 3.63) is 95.1 Å². The number of methoxy groups -OCH3 is 1. The van der Waals surface area contributed by atoms with Gasteiger partial charge in [-0.1, -0.05) is 42.0 Å². The first-order valence-corrected chi connectivity index (χ1v) is 8.75. The molecule has 0 saturated carbocycles. The lowest BCUT2D eigenvalue weighted by Crippen LogP contribution is -2.08. The Labute approximate surface area is 164 Å². The molecule has 3 aromatic carbocycles. The predicted molar refractivity (Wildman–Crippen MR) is 109 cm³/mol. The summed E-state index contributed by atoms with van der Waals surface area (Å²) in [5.74, 6) is 0.616. The van der Waals surface area contributed by atoms with Crippen molar-refractivity contribution in [1.82, 2.24) is 0 Å². The summed E-state index contributed by atoms with van der Waals surface area (Å²) in [6, 6.07) is 23.8. The molecule has 0 aliphatic heterocycles. The van der Waals surface area contributed by atoms with Gasteiger partial charge in [0.05, 0.1) is 24.3 Å². The second-order valence-electron chi connectivity index (χ2n) is 6.20. The molecule has 0 aliphatic carbocycles. The number of esters is 1. The lowest BCUT2D eigenvalue weighted by atomic mass is 10.0. The van der Waals surface area contributed by atoms with Crippen LogP contribution in [0.15, 0.2) is 72.8 Å². The van der Waals surface area contributed by atoms with E-state index in [1.807, 2.05) is 43.3 Å². The molecule has 4 nitrogen and oxygen atoms in total. The van der Waals surface area contributed by atoms with Gasteiger partial charge in [0, 0.05) is 5.56 Å². The monoisotopic (exact) mass is 369 g/mol. The Morgan fingerprint density at radius 2 is 1.79 bits per heavy atom. The number of para-hydroxylation sites is 1. The van der Waals surface area contributed by atoms with E-state index in [1.165, 1.54) is 0 Å². The largest absolute Gasteiger partial charge is 0.496 e. The number of hydrogen-bond donors (Lipinski definition) is 0. The summed E-state index contributed by atoms with van der Waals surface area (Å²) in [6.07, 6.45) is 1.74. The molecule has 0 heterocycles. The fourth-order valence-electron chi connectivity index (χ4n) is 2.81. The summed E-state index contributed by atoms with van der Waals surface area (Å²) >= 11 is 0. The van der Waals surface area contributed by atoms with Crippen molar-refractivity contribution >= 4 is 17.6 Å². The van der Waals surface area contributed by atoms with Gasteiger partial charge in [0.2, 0.25) is 0 Å². The number of nitrogens with zero attached hydrogens (tertiary/aromatic N) is 1. The van der Waals surface area contributed by atoms with Gasteiger partial charge in [0.1, 0.15) is 11.5 Å². The maximum absolute atomic E-state index is 12.4. The zero-order chi connectivity index (χ0) is 19.9. The molecule has 138 valence electrons. The number of rotatable bonds is 5. The van der Waals surface area contributed by atoms with Crippen molar-refractivity contribution in [3.63, 3.8) is 0 Å². The molecule has 0 amide bonds. The molecule has 3 aromatic rings. The third kappa shape index (κ3) is 4.46. The topological polar surface area (TPSA) is 59.3 Å². The van der Waals surface area contributed by atoms with Gasteiger partial charge in [0.25, 0.3) is 0 Å². The third-order valence-electron chi connectivity index (χ3n) is 4.15. The Morgan fingerprint density at radius 1 is 1.00 bits per heavy atom. The lowest BCUT2D eigenvalue weighted by molar-refractivity contribution is 0.0734. The van der Waals surface area contributed by atoms with Crippen LogP contribution in [0.5, 0.6) is 11.5 Å². The first kappa shape index (κ1) is 18.9. The van der Waals surface area contributed by atoms with Crippen LogP contribution >= 0.6 is 0 Å². The molecule has 4 heteroatoms. The van der Waals surface area contributed by atoms with Crippen LogP contribution in [0.2, 0.25) is 0 Å². The van der Waals surface area contributed by atoms with Crippen LogP contribution in [0.3, 0.4) is 0 Å². The average Bonchev–Trinajstić information content (AvgIpc) is 2.72. The zero-order valence-electron chi connectivity index (χ0n) is 15.7. The van der Waals surface area contributed by atoms with Crippen molar-refractivity contribution in [2.45, 2.75) is 6.92 Å². The van der Waals surface area contributed by atoms with Crippen LogP contribution in [0.1, 0.15) is 27.0 Å². The molecule has 0 atom stereocenters. The van der Waals surface area contributed by atoms with E-state index in [4.69, 9.17) is 9.47 Å². The summed E-state index contributed by atoms with van der Waals surface area (Å²) in [5.41, 5.74) is 3.39. The van der Waals surface area contributed by atoms with Gasteiger partial charge in [-0.25, -0.2) is 4.79 Å². The molecule has 0 spiro atoms. The van der Waals surface area contributed by atoms with Crippen molar-refractivity contribution in [2.75, 3.05) is 7.11 Å². The van der Waals surface area contributed by atoms with Crippen LogP contribution in [-0.4, -0.2) is 13.1 Å². The van der Waals surface area contributed by atoms with Gasteiger partial charge in [0.15, 0.2) is 0 Å². The van der Waals surface area contributed by atoms with Gasteiger partial charge in [-0.3, -0.25) is 0 Å². The molecule has 0 aliphatic rings. The molecule has 0 fully saturated rings. The highest BCUT2D eigenvalue weighted by atomic mass is 16.5. The highest BCUT2D eigenvalue weighted by molar-refractivity contribution is 5.93. The molecule has 0 bridgehead atoms. The summed E-state index contributed by atoms with van der Waals surface area (Å²) < 4.78 is 10.8. The molecule has 0 aromatic heterocycles. The number of ether oxygens (including phenoxy) is 2. The van der Waals surface area contributed by atoms with Crippen LogP contribution in [0, 0.1) is 18.3 Å². The van der Waals surface area contributed by atoms with E-state index < -0.39 is 5.97 Å². The Bertz CT molecular complexity index is 1080. The lowest BCUT2D eigenvalue weighted by Gasteiger charge is -2.08. The van der Waals surface area contributed by atoms with Crippen molar-refractivity contribution in [3.8, 4) is 17.6 Å². The van der Waals surface area contributed by atoms with E-state index >= 15 is 0 Å².